The van der Waals surface area contributed by atoms with E-state index in [1.807, 2.05) is 6.92 Å². The lowest BCUT2D eigenvalue weighted by atomic mass is 9.45. The smallest absolute Gasteiger partial charge is 0.306 e. The number of ether oxygens (including phenoxy) is 1. The summed E-state index contributed by atoms with van der Waals surface area (Å²) in [7, 11) is 0. The molecule has 0 aromatic rings. The number of Topliss-reactive ketones (excluding diaryl/α,β-unsaturated/α-hetero) is 1. The minimum Gasteiger partial charge on any atom is -0.450 e. The van der Waals surface area contributed by atoms with Crippen LogP contribution in [0.2, 0.25) is 0 Å². The number of allylic oxidation sites excluding steroid dienone is 4. The van der Waals surface area contributed by atoms with Crippen LogP contribution in [0, 0.1) is 34.5 Å². The second-order valence-electron chi connectivity index (χ2n) is 11.1. The number of esters is 1. The summed E-state index contributed by atoms with van der Waals surface area (Å²) in [6.07, 6.45) is 0.881. The fourth-order valence-electron chi connectivity index (χ4n) is 8.17. The minimum absolute atomic E-state index is 0.0670. The maximum atomic E-state index is 15.5. The summed E-state index contributed by atoms with van der Waals surface area (Å²) in [5.74, 6) is -4.90. The van der Waals surface area contributed by atoms with Gasteiger partial charge in [-0.1, -0.05) is 33.8 Å². The lowest BCUT2D eigenvalue weighted by Gasteiger charge is -2.60. The molecule has 0 aromatic heterocycles. The van der Waals surface area contributed by atoms with Gasteiger partial charge in [-0.3, -0.25) is 14.4 Å². The molecule has 188 valence electrons. The number of aliphatic hydroxyl groups excluding tert-OH is 2. The van der Waals surface area contributed by atoms with Crippen LogP contribution in [0.25, 0.3) is 0 Å². The van der Waals surface area contributed by atoms with E-state index in [4.69, 9.17) is 4.74 Å². The van der Waals surface area contributed by atoms with Crippen molar-refractivity contribution < 1.29 is 38.1 Å². The second-order valence-corrected chi connectivity index (χ2v) is 11.1. The van der Waals surface area contributed by atoms with E-state index in [9.17, 15) is 29.0 Å². The Morgan fingerprint density at radius 2 is 1.94 bits per heavy atom. The maximum absolute atomic E-state index is 15.5. The summed E-state index contributed by atoms with van der Waals surface area (Å²) in [5, 5.41) is 21.3. The fourth-order valence-corrected chi connectivity index (χ4v) is 8.17. The molecule has 0 heterocycles. The molecule has 4 aliphatic rings. The Hall–Kier alpha value is -1.93. The van der Waals surface area contributed by atoms with Crippen LogP contribution in [-0.2, 0) is 19.1 Å². The number of halogens is 2. The summed E-state index contributed by atoms with van der Waals surface area (Å²) in [5.41, 5.74) is -4.07. The van der Waals surface area contributed by atoms with Crippen molar-refractivity contribution in [2.75, 3.05) is 6.61 Å². The molecule has 0 aromatic carbocycles. The van der Waals surface area contributed by atoms with Gasteiger partial charge in [-0.15, -0.1) is 0 Å². The van der Waals surface area contributed by atoms with Crippen molar-refractivity contribution in [3.05, 3.63) is 23.6 Å². The van der Waals surface area contributed by atoms with E-state index in [-0.39, 0.29) is 30.8 Å². The van der Waals surface area contributed by atoms with Gasteiger partial charge < -0.3 is 14.9 Å². The summed E-state index contributed by atoms with van der Waals surface area (Å²) >= 11 is 0. The Morgan fingerprint density at radius 1 is 1.26 bits per heavy atom. The average Bonchev–Trinajstić information content (AvgIpc) is 2.97. The number of rotatable bonds is 5. The van der Waals surface area contributed by atoms with Gasteiger partial charge in [0.05, 0.1) is 6.10 Å². The van der Waals surface area contributed by atoms with Crippen LogP contribution < -0.4 is 0 Å². The van der Waals surface area contributed by atoms with Crippen LogP contribution >= 0.6 is 0 Å². The van der Waals surface area contributed by atoms with Gasteiger partial charge in [0.1, 0.15) is 12.8 Å². The van der Waals surface area contributed by atoms with Crippen LogP contribution in [0.4, 0.5) is 8.78 Å². The van der Waals surface area contributed by atoms with E-state index in [1.165, 1.54) is 6.08 Å². The SMILES string of the molecule is CCCC(=O)O[C@]1(C(=O)CO)C(C)C[C@H]2[C@@H]3CC(F)C4=C(F)C(=O)C=C[C@]4(C)[C@H]3C(O)C[C@@]21C. The molecule has 8 heteroatoms. The Bertz CT molecular complexity index is 974. The van der Waals surface area contributed by atoms with Crippen molar-refractivity contribution in [1.82, 2.24) is 0 Å². The van der Waals surface area contributed by atoms with Crippen LogP contribution in [0.5, 0.6) is 0 Å². The summed E-state index contributed by atoms with van der Waals surface area (Å²) in [4.78, 5) is 37.8. The van der Waals surface area contributed by atoms with Gasteiger partial charge in [0.15, 0.2) is 11.4 Å². The van der Waals surface area contributed by atoms with Gasteiger partial charge in [0.25, 0.3) is 0 Å². The van der Waals surface area contributed by atoms with E-state index in [1.54, 1.807) is 20.8 Å². The molecule has 0 amide bonds. The van der Waals surface area contributed by atoms with Crippen molar-refractivity contribution in [2.45, 2.75) is 77.7 Å². The number of hydrogen-bond donors (Lipinski definition) is 2. The van der Waals surface area contributed by atoms with Gasteiger partial charge in [-0.25, -0.2) is 8.78 Å². The van der Waals surface area contributed by atoms with Crippen LogP contribution in [0.1, 0.15) is 59.8 Å². The molecule has 0 spiro atoms. The first-order chi connectivity index (χ1) is 15.9. The number of fused-ring (bicyclic) bond motifs is 5. The van der Waals surface area contributed by atoms with Gasteiger partial charge in [-0.2, -0.15) is 0 Å². The second kappa shape index (κ2) is 8.33. The average molecular weight is 481 g/mol. The highest BCUT2D eigenvalue weighted by Gasteiger charge is 2.73. The largest absolute Gasteiger partial charge is 0.450 e. The normalized spacial score (nSPS) is 45.5. The molecule has 4 aliphatic carbocycles. The summed E-state index contributed by atoms with van der Waals surface area (Å²) < 4.78 is 36.3. The number of ketones is 2. The van der Waals surface area contributed by atoms with Crippen LogP contribution in [0.3, 0.4) is 0 Å². The lowest BCUT2D eigenvalue weighted by molar-refractivity contribution is -0.206. The van der Waals surface area contributed by atoms with E-state index in [0.717, 1.165) is 6.08 Å². The standard InChI is InChI=1S/C26H34F2O6/c1-5-6-20(33)34-26(19(32)12-29)13(2)9-15-14-10-16(27)22-23(28)17(30)7-8-24(22,3)21(14)18(31)11-25(15,26)4/h7-8,13-16,18,21,29,31H,5-6,9-12H2,1-4H3/t13?,14-,15-,16?,18?,21+,24+,25-,26-/m0/s1. The molecule has 0 radical (unpaired) electrons. The molecule has 3 fully saturated rings. The number of carbonyl (C=O) groups excluding carboxylic acids is 3. The number of hydrogen-bond acceptors (Lipinski definition) is 6. The zero-order valence-corrected chi connectivity index (χ0v) is 20.1. The fraction of sp³-hybridized carbons (Fsp3) is 0.731. The van der Waals surface area contributed by atoms with Crippen LogP contribution in [0.15, 0.2) is 23.6 Å². The Balaban J connectivity index is 1.83. The molecule has 3 unspecified atom stereocenters. The topological polar surface area (TPSA) is 101 Å². The molecular formula is C26H34F2O6. The van der Waals surface area contributed by atoms with E-state index < -0.39 is 76.4 Å². The third-order valence-corrected chi connectivity index (χ3v) is 9.38. The monoisotopic (exact) mass is 480 g/mol. The Kier molecular flexibility index (Phi) is 6.17. The first-order valence-electron chi connectivity index (χ1n) is 12.2. The molecule has 9 atom stereocenters. The predicted molar refractivity (Wildman–Crippen MR) is 119 cm³/mol. The minimum atomic E-state index is -1.71. The first-order valence-corrected chi connectivity index (χ1v) is 12.2. The number of alkyl halides is 1. The Morgan fingerprint density at radius 3 is 2.56 bits per heavy atom. The number of aliphatic hydroxyl groups is 2. The molecular weight excluding hydrogens is 446 g/mol. The highest BCUT2D eigenvalue weighted by molar-refractivity contribution is 6.04. The zero-order valence-electron chi connectivity index (χ0n) is 20.1. The Labute approximate surface area is 198 Å². The van der Waals surface area contributed by atoms with Crippen LogP contribution in [-0.4, -0.2) is 52.2 Å². The highest BCUT2D eigenvalue weighted by atomic mass is 19.1. The third kappa shape index (κ3) is 3.13. The predicted octanol–water partition coefficient (Wildman–Crippen LogP) is 3.40. The van der Waals surface area contributed by atoms with E-state index in [0.29, 0.717) is 12.8 Å². The van der Waals surface area contributed by atoms with Crippen molar-refractivity contribution >= 4 is 17.5 Å². The van der Waals surface area contributed by atoms with Crippen molar-refractivity contribution in [3.8, 4) is 0 Å². The highest BCUT2D eigenvalue weighted by Crippen LogP contribution is 2.69. The summed E-state index contributed by atoms with van der Waals surface area (Å²) in [6.45, 7) is 6.24. The molecule has 0 saturated heterocycles. The zero-order chi connectivity index (χ0) is 25.2. The maximum Gasteiger partial charge on any atom is 0.306 e. The van der Waals surface area contributed by atoms with Gasteiger partial charge >= 0.3 is 5.97 Å². The van der Waals surface area contributed by atoms with Gasteiger partial charge in [-0.05, 0) is 43.6 Å². The molecule has 3 saturated carbocycles. The van der Waals surface area contributed by atoms with Crippen molar-refractivity contribution in [3.63, 3.8) is 0 Å². The van der Waals surface area contributed by atoms with E-state index >= 15 is 4.39 Å². The van der Waals surface area contributed by atoms with Gasteiger partial charge in [0, 0.05) is 34.7 Å². The quantitative estimate of drug-likeness (QED) is 0.585. The van der Waals surface area contributed by atoms with Gasteiger partial charge in [0.2, 0.25) is 11.6 Å². The first kappa shape index (κ1) is 25.2. The molecule has 0 bridgehead atoms. The van der Waals surface area contributed by atoms with Crippen molar-refractivity contribution in [2.24, 2.45) is 34.5 Å². The molecule has 4 rings (SSSR count). The molecule has 2 N–H and O–H groups in total. The number of carbonyl (C=O) groups is 3. The lowest BCUT2D eigenvalue weighted by Crippen LogP contribution is -2.65. The van der Waals surface area contributed by atoms with E-state index in [2.05, 4.69) is 0 Å². The third-order valence-electron chi connectivity index (χ3n) is 9.38. The molecule has 0 aliphatic heterocycles. The summed E-state index contributed by atoms with van der Waals surface area (Å²) in [6, 6.07) is 0. The molecule has 34 heavy (non-hydrogen) atoms. The molecule has 6 nitrogen and oxygen atoms in total. The van der Waals surface area contributed by atoms with Crippen molar-refractivity contribution in [1.29, 1.82) is 0 Å².